The Bertz CT molecular complexity index is 1220. The van der Waals surface area contributed by atoms with Crippen LogP contribution >= 0.6 is 0 Å². The average molecular weight is 415 g/mol. The fourth-order valence-electron chi connectivity index (χ4n) is 4.14. The van der Waals surface area contributed by atoms with E-state index in [1.165, 1.54) is 21.9 Å². The van der Waals surface area contributed by atoms with Gasteiger partial charge in [-0.3, -0.25) is 0 Å². The number of fused-ring (bicyclic) bond motifs is 3. The van der Waals surface area contributed by atoms with Crippen LogP contribution in [0.1, 0.15) is 11.1 Å². The second kappa shape index (κ2) is 5.80. The molecule has 0 aliphatic carbocycles. The Labute approximate surface area is 161 Å². The Morgan fingerprint density at radius 3 is 2.63 bits per heavy atom. The summed E-state index contributed by atoms with van der Waals surface area (Å²) in [6.45, 7) is 2.14. The molecule has 0 fully saturated rings. The van der Waals surface area contributed by atoms with Gasteiger partial charge in [0.25, 0.3) is 0 Å². The fourth-order valence-corrected chi connectivity index (χ4v) is 7.13. The first kappa shape index (κ1) is 16.8. The SMILES string of the molecule is Cc1c2c(cc3ccccc13)-c1ncnc3cc([CH2][Ge]([CH3])([CH3])[CH3])cc(c13)O2. The number of nitrogens with zero attached hydrogens (tertiary/aromatic N) is 2. The zero-order valence-corrected chi connectivity index (χ0v) is 18.2. The van der Waals surface area contributed by atoms with E-state index in [9.17, 15) is 0 Å². The molecule has 0 radical (unpaired) electrons. The van der Waals surface area contributed by atoms with Gasteiger partial charge in [-0.25, -0.2) is 0 Å². The van der Waals surface area contributed by atoms with Crippen molar-refractivity contribution in [1.29, 1.82) is 0 Å². The van der Waals surface area contributed by atoms with Crippen LogP contribution in [0.25, 0.3) is 32.9 Å². The minimum atomic E-state index is -1.74. The van der Waals surface area contributed by atoms with Crippen molar-refractivity contribution in [3.63, 3.8) is 0 Å². The third kappa shape index (κ3) is 2.72. The predicted octanol–water partition coefficient (Wildman–Crippen LogP) is 6.28. The summed E-state index contributed by atoms with van der Waals surface area (Å²) in [5, 5.41) is 4.63. The maximum absolute atomic E-state index is 6.48. The van der Waals surface area contributed by atoms with Crippen molar-refractivity contribution >= 4 is 34.9 Å². The topological polar surface area (TPSA) is 35.0 Å². The molecular formula is C23H22GeN2O. The van der Waals surface area contributed by atoms with Gasteiger partial charge in [-0.05, 0) is 0 Å². The second-order valence-corrected chi connectivity index (χ2v) is 20.1. The van der Waals surface area contributed by atoms with Gasteiger partial charge in [0.05, 0.1) is 0 Å². The molecule has 3 nitrogen and oxygen atoms in total. The van der Waals surface area contributed by atoms with Gasteiger partial charge < -0.3 is 0 Å². The van der Waals surface area contributed by atoms with E-state index in [0.717, 1.165) is 38.9 Å². The number of rotatable bonds is 2. The van der Waals surface area contributed by atoms with Crippen LogP contribution in [0.2, 0.25) is 17.3 Å². The van der Waals surface area contributed by atoms with E-state index >= 15 is 0 Å². The molecule has 0 spiro atoms. The molecule has 1 aromatic heterocycles. The van der Waals surface area contributed by atoms with Crippen LogP contribution in [-0.4, -0.2) is 23.2 Å². The Morgan fingerprint density at radius 2 is 1.81 bits per heavy atom. The van der Waals surface area contributed by atoms with Crippen LogP contribution in [0, 0.1) is 6.92 Å². The summed E-state index contributed by atoms with van der Waals surface area (Å²) in [6, 6.07) is 15.1. The summed E-state index contributed by atoms with van der Waals surface area (Å²) >= 11 is -1.74. The van der Waals surface area contributed by atoms with E-state index in [1.54, 1.807) is 6.33 Å². The molecule has 1 aliphatic rings. The summed E-state index contributed by atoms with van der Waals surface area (Å²) in [5.41, 5.74) is 5.52. The van der Waals surface area contributed by atoms with Gasteiger partial charge >= 0.3 is 162 Å². The van der Waals surface area contributed by atoms with Crippen molar-refractivity contribution in [3.05, 3.63) is 59.9 Å². The molecule has 0 unspecified atom stereocenters. The second-order valence-electron chi connectivity index (χ2n) is 8.65. The summed E-state index contributed by atoms with van der Waals surface area (Å²) in [7, 11) is 0. The number of ether oxygens (including phenoxy) is 1. The van der Waals surface area contributed by atoms with Gasteiger partial charge in [0, 0.05) is 0 Å². The third-order valence-electron chi connectivity index (χ3n) is 5.21. The molecule has 27 heavy (non-hydrogen) atoms. The van der Waals surface area contributed by atoms with Crippen molar-refractivity contribution in [2.45, 2.75) is 29.4 Å². The van der Waals surface area contributed by atoms with Gasteiger partial charge in [0.1, 0.15) is 0 Å². The molecule has 3 aromatic carbocycles. The normalized spacial score (nSPS) is 12.9. The molecule has 1 aliphatic heterocycles. The van der Waals surface area contributed by atoms with Gasteiger partial charge in [0.15, 0.2) is 0 Å². The zero-order valence-electron chi connectivity index (χ0n) is 16.1. The van der Waals surface area contributed by atoms with Crippen molar-refractivity contribution < 1.29 is 4.74 Å². The molecule has 0 amide bonds. The number of benzene rings is 3. The summed E-state index contributed by atoms with van der Waals surface area (Å²) in [4.78, 5) is 9.21. The van der Waals surface area contributed by atoms with Gasteiger partial charge in [-0.1, -0.05) is 0 Å². The summed E-state index contributed by atoms with van der Waals surface area (Å²) in [6.07, 6.45) is 1.68. The first-order chi connectivity index (χ1) is 12.9. The van der Waals surface area contributed by atoms with E-state index in [-0.39, 0.29) is 0 Å². The van der Waals surface area contributed by atoms with Gasteiger partial charge in [-0.2, -0.15) is 0 Å². The fraction of sp³-hybridized carbons (Fsp3) is 0.217. The Hall–Kier alpha value is -2.40. The summed E-state index contributed by atoms with van der Waals surface area (Å²) < 4.78 is 6.48. The Balaban J connectivity index is 1.81. The molecule has 4 aromatic rings. The van der Waals surface area contributed by atoms with Crippen LogP contribution in [0.15, 0.2) is 48.8 Å². The van der Waals surface area contributed by atoms with Crippen molar-refractivity contribution in [2.24, 2.45) is 0 Å². The molecule has 0 atom stereocenters. The number of aryl methyl sites for hydroxylation is 1. The standard InChI is InChI=1S/C23H22GeN2O/c1-14-17-8-6-5-7-16(17)11-18-22-21-19(25-13-26-22)9-15(12-24(2,3)4)10-20(21)27-23(14)18/h5-11,13H,12H2,1-4H3. The maximum atomic E-state index is 6.48. The van der Waals surface area contributed by atoms with E-state index in [2.05, 4.69) is 76.6 Å². The number of hydrogen-bond acceptors (Lipinski definition) is 3. The van der Waals surface area contributed by atoms with Crippen LogP contribution in [0.3, 0.4) is 0 Å². The zero-order chi connectivity index (χ0) is 18.8. The van der Waals surface area contributed by atoms with E-state index in [4.69, 9.17) is 4.74 Å². The molecule has 2 heterocycles. The van der Waals surface area contributed by atoms with Crippen molar-refractivity contribution in [3.8, 4) is 22.8 Å². The van der Waals surface area contributed by atoms with Crippen molar-refractivity contribution in [1.82, 2.24) is 9.97 Å². The molecule has 4 heteroatoms. The molecule has 134 valence electrons. The van der Waals surface area contributed by atoms with Crippen LogP contribution in [-0.2, 0) is 5.25 Å². The van der Waals surface area contributed by atoms with Crippen molar-refractivity contribution in [2.75, 3.05) is 0 Å². The molecule has 0 saturated heterocycles. The molecule has 5 rings (SSSR count). The number of hydrogen-bond donors (Lipinski definition) is 0. The van der Waals surface area contributed by atoms with E-state index < -0.39 is 13.3 Å². The molecule has 0 bridgehead atoms. The monoisotopic (exact) mass is 416 g/mol. The molecule has 0 N–H and O–H groups in total. The van der Waals surface area contributed by atoms with Crippen LogP contribution in [0.4, 0.5) is 0 Å². The number of aromatic nitrogens is 2. The minimum absolute atomic E-state index is 0.899. The average Bonchev–Trinajstić information content (AvgIpc) is 2.62. The third-order valence-corrected chi connectivity index (χ3v) is 8.29. The quantitative estimate of drug-likeness (QED) is 0.318. The van der Waals surface area contributed by atoms with Gasteiger partial charge in [0.2, 0.25) is 0 Å². The Kier molecular flexibility index (Phi) is 3.60. The first-order valence-corrected chi connectivity index (χ1v) is 17.2. The van der Waals surface area contributed by atoms with Crippen LogP contribution < -0.4 is 4.74 Å². The predicted molar refractivity (Wildman–Crippen MR) is 114 cm³/mol. The van der Waals surface area contributed by atoms with E-state index in [1.807, 2.05) is 0 Å². The first-order valence-electron chi connectivity index (χ1n) is 9.39. The molecular weight excluding hydrogens is 393 g/mol. The Morgan fingerprint density at radius 1 is 1.00 bits per heavy atom. The van der Waals surface area contributed by atoms with Gasteiger partial charge in [-0.15, -0.1) is 0 Å². The van der Waals surface area contributed by atoms with Crippen LogP contribution in [0.5, 0.6) is 11.5 Å². The van der Waals surface area contributed by atoms with E-state index in [0.29, 0.717) is 0 Å². The molecule has 0 saturated carbocycles. The summed E-state index contributed by atoms with van der Waals surface area (Å²) in [5.74, 6) is 9.14.